The first-order valence-corrected chi connectivity index (χ1v) is 25.5. The second-order valence-electron chi connectivity index (χ2n) is 16.1. The van der Waals surface area contributed by atoms with Gasteiger partial charge in [-0.15, -0.1) is 0 Å². The second kappa shape index (κ2) is 45.2. The zero-order chi connectivity index (χ0) is 42.5. The number of hydrogen-bond donors (Lipinski definition) is 3. The third kappa shape index (κ3) is 44.2. The Hall–Kier alpha value is -1.32. The maximum atomic E-state index is 12.6. The van der Waals surface area contributed by atoms with Crippen molar-refractivity contribution in [3.63, 3.8) is 0 Å². The predicted octanol–water partition coefficient (Wildman–Crippen LogP) is 13.6. The molecular formula is C48H91O9P. The molecule has 0 aromatic heterocycles. The number of rotatable bonds is 46. The SMILES string of the molecule is CCCCCCC/C=C\C/C=C\C/C=C\CCCCCCCCCCCOCC(COP(=O)(O)OCC(O)CO)OC(=O)CCCCCCCCCCCCCCC. The van der Waals surface area contributed by atoms with Gasteiger partial charge in [-0.05, 0) is 51.4 Å². The minimum absolute atomic E-state index is 0.0481. The van der Waals surface area contributed by atoms with Crippen LogP contribution < -0.4 is 0 Å². The van der Waals surface area contributed by atoms with Gasteiger partial charge in [0.2, 0.25) is 0 Å². The standard InChI is InChI=1S/C48H91O9P/c1-3-5-7-9-11-13-15-17-18-19-20-21-22-23-24-25-26-27-29-31-33-35-37-39-41-54-44-47(45-56-58(52,53)55-43-46(50)42-49)57-48(51)40-38-36-34-32-30-28-16-14-12-10-8-6-4-2/h15,17,19-20,22-23,46-47,49-50H,3-14,16,18,21,24-45H2,1-2H3,(H,52,53)/b17-15-,20-19-,23-22-. The van der Waals surface area contributed by atoms with E-state index in [0.29, 0.717) is 6.61 Å². The smallest absolute Gasteiger partial charge is 0.457 e. The average molecular weight is 843 g/mol. The number of phosphoric acid groups is 1. The Labute approximate surface area is 356 Å². The fraction of sp³-hybridized carbons (Fsp3) is 0.854. The summed E-state index contributed by atoms with van der Waals surface area (Å²) in [5, 5.41) is 18.4. The Morgan fingerprint density at radius 1 is 0.534 bits per heavy atom. The second-order valence-corrected chi connectivity index (χ2v) is 17.6. The fourth-order valence-electron chi connectivity index (χ4n) is 6.66. The normalized spacial score (nSPS) is 14.2. The molecule has 0 saturated carbocycles. The summed E-state index contributed by atoms with van der Waals surface area (Å²) in [5.74, 6) is -0.383. The van der Waals surface area contributed by atoms with Crippen molar-refractivity contribution in [2.75, 3.05) is 33.0 Å². The van der Waals surface area contributed by atoms with Crippen LogP contribution >= 0.6 is 7.82 Å². The van der Waals surface area contributed by atoms with Gasteiger partial charge in [0.25, 0.3) is 0 Å². The van der Waals surface area contributed by atoms with Crippen molar-refractivity contribution in [2.45, 2.75) is 232 Å². The molecule has 0 rings (SSSR count). The lowest BCUT2D eigenvalue weighted by atomic mass is 10.0. The molecule has 0 fully saturated rings. The summed E-state index contributed by atoms with van der Waals surface area (Å²) in [6, 6.07) is 0. The summed E-state index contributed by atoms with van der Waals surface area (Å²) in [6.45, 7) is 3.52. The molecule has 9 nitrogen and oxygen atoms in total. The summed E-state index contributed by atoms with van der Waals surface area (Å²) in [5.41, 5.74) is 0. The Morgan fingerprint density at radius 3 is 1.40 bits per heavy atom. The Kier molecular flexibility index (Phi) is 44.2. The average Bonchev–Trinajstić information content (AvgIpc) is 3.21. The summed E-state index contributed by atoms with van der Waals surface area (Å²) >= 11 is 0. The number of ether oxygens (including phenoxy) is 2. The molecular weight excluding hydrogens is 751 g/mol. The van der Waals surface area contributed by atoms with Gasteiger partial charge < -0.3 is 24.6 Å². The zero-order valence-corrected chi connectivity index (χ0v) is 38.4. The largest absolute Gasteiger partial charge is 0.472 e. The number of hydrogen-bond acceptors (Lipinski definition) is 8. The van der Waals surface area contributed by atoms with Crippen molar-refractivity contribution in [3.05, 3.63) is 36.5 Å². The molecule has 0 amide bonds. The van der Waals surface area contributed by atoms with Gasteiger partial charge in [-0.25, -0.2) is 4.57 Å². The maximum Gasteiger partial charge on any atom is 0.472 e. The van der Waals surface area contributed by atoms with Crippen LogP contribution in [0, 0.1) is 0 Å². The number of aliphatic hydroxyl groups excluding tert-OH is 2. The van der Waals surface area contributed by atoms with E-state index in [4.69, 9.17) is 23.6 Å². The predicted molar refractivity (Wildman–Crippen MR) is 242 cm³/mol. The van der Waals surface area contributed by atoms with Gasteiger partial charge >= 0.3 is 13.8 Å². The molecule has 0 saturated heterocycles. The number of carbonyl (C=O) groups is 1. The van der Waals surface area contributed by atoms with Crippen molar-refractivity contribution in [1.29, 1.82) is 0 Å². The van der Waals surface area contributed by atoms with Crippen LogP contribution in [0.15, 0.2) is 36.5 Å². The van der Waals surface area contributed by atoms with Crippen LogP contribution in [0.25, 0.3) is 0 Å². The lowest BCUT2D eigenvalue weighted by molar-refractivity contribution is -0.154. The Balaban J connectivity index is 4.06. The highest BCUT2D eigenvalue weighted by Gasteiger charge is 2.26. The van der Waals surface area contributed by atoms with Crippen molar-refractivity contribution in [3.8, 4) is 0 Å². The number of unbranched alkanes of at least 4 members (excludes halogenated alkanes) is 26. The first-order valence-electron chi connectivity index (χ1n) is 24.0. The number of esters is 1. The van der Waals surface area contributed by atoms with E-state index in [1.807, 2.05) is 0 Å². The van der Waals surface area contributed by atoms with Gasteiger partial charge in [0, 0.05) is 13.0 Å². The van der Waals surface area contributed by atoms with Crippen LogP contribution in [0.4, 0.5) is 0 Å². The van der Waals surface area contributed by atoms with E-state index in [0.717, 1.165) is 51.4 Å². The first kappa shape index (κ1) is 56.7. The lowest BCUT2D eigenvalue weighted by Crippen LogP contribution is -2.29. The van der Waals surface area contributed by atoms with Gasteiger partial charge in [-0.3, -0.25) is 13.8 Å². The summed E-state index contributed by atoms with van der Waals surface area (Å²) in [4.78, 5) is 22.6. The molecule has 3 unspecified atom stereocenters. The Morgan fingerprint density at radius 2 is 0.931 bits per heavy atom. The Bertz CT molecular complexity index is 1000. The number of phosphoric ester groups is 1. The van der Waals surface area contributed by atoms with Crippen LogP contribution in [0.1, 0.15) is 219 Å². The van der Waals surface area contributed by atoms with E-state index >= 15 is 0 Å². The molecule has 3 N–H and O–H groups in total. The van der Waals surface area contributed by atoms with Gasteiger partial charge in [0.05, 0.1) is 26.4 Å². The molecule has 0 bridgehead atoms. The van der Waals surface area contributed by atoms with E-state index in [1.54, 1.807) is 0 Å². The van der Waals surface area contributed by atoms with Crippen molar-refractivity contribution in [1.82, 2.24) is 0 Å². The van der Waals surface area contributed by atoms with E-state index in [9.17, 15) is 19.4 Å². The van der Waals surface area contributed by atoms with E-state index in [2.05, 4.69) is 50.3 Å². The van der Waals surface area contributed by atoms with E-state index < -0.39 is 33.2 Å². The monoisotopic (exact) mass is 843 g/mol. The van der Waals surface area contributed by atoms with E-state index in [-0.39, 0.29) is 25.6 Å². The molecule has 10 heteroatoms. The minimum Gasteiger partial charge on any atom is -0.457 e. The van der Waals surface area contributed by atoms with Crippen LogP contribution in [0.2, 0.25) is 0 Å². The first-order chi connectivity index (χ1) is 28.3. The summed E-state index contributed by atoms with van der Waals surface area (Å²) in [6.07, 6.45) is 49.6. The molecule has 0 aliphatic heterocycles. The van der Waals surface area contributed by atoms with Crippen LogP contribution in [0.3, 0.4) is 0 Å². The molecule has 342 valence electrons. The third-order valence-corrected chi connectivity index (χ3v) is 11.3. The van der Waals surface area contributed by atoms with Gasteiger partial charge in [-0.1, -0.05) is 198 Å². The number of aliphatic hydroxyl groups is 2. The molecule has 58 heavy (non-hydrogen) atoms. The molecule has 0 aromatic carbocycles. The van der Waals surface area contributed by atoms with Crippen molar-refractivity contribution >= 4 is 13.8 Å². The molecule has 0 aliphatic rings. The number of carbonyl (C=O) groups excluding carboxylic acids is 1. The van der Waals surface area contributed by atoms with Crippen LogP contribution in [-0.2, 0) is 27.9 Å². The van der Waals surface area contributed by atoms with E-state index in [1.165, 1.54) is 148 Å². The molecule has 0 heterocycles. The van der Waals surface area contributed by atoms with Crippen molar-refractivity contribution in [2.24, 2.45) is 0 Å². The van der Waals surface area contributed by atoms with Gasteiger partial charge in [0.1, 0.15) is 12.2 Å². The molecule has 0 aliphatic carbocycles. The zero-order valence-electron chi connectivity index (χ0n) is 37.5. The molecule has 3 atom stereocenters. The summed E-state index contributed by atoms with van der Waals surface area (Å²) < 4.78 is 33.4. The van der Waals surface area contributed by atoms with Crippen molar-refractivity contribution < 1.29 is 43.0 Å². The highest BCUT2D eigenvalue weighted by atomic mass is 31.2. The lowest BCUT2D eigenvalue weighted by Gasteiger charge is -2.20. The summed E-state index contributed by atoms with van der Waals surface area (Å²) in [7, 11) is -4.52. The fourth-order valence-corrected chi connectivity index (χ4v) is 7.45. The quantitative estimate of drug-likeness (QED) is 0.0237. The maximum absolute atomic E-state index is 12.6. The van der Waals surface area contributed by atoms with Crippen LogP contribution in [-0.4, -0.2) is 66.3 Å². The molecule has 0 spiro atoms. The van der Waals surface area contributed by atoms with Gasteiger partial charge in [-0.2, -0.15) is 0 Å². The third-order valence-electron chi connectivity index (χ3n) is 10.3. The van der Waals surface area contributed by atoms with Crippen LogP contribution in [0.5, 0.6) is 0 Å². The number of allylic oxidation sites excluding steroid dienone is 6. The highest BCUT2D eigenvalue weighted by molar-refractivity contribution is 7.47. The molecule has 0 aromatic rings. The minimum atomic E-state index is -4.52. The van der Waals surface area contributed by atoms with Gasteiger partial charge in [0.15, 0.2) is 0 Å². The topological polar surface area (TPSA) is 132 Å². The molecule has 0 radical (unpaired) electrons. The highest BCUT2D eigenvalue weighted by Crippen LogP contribution is 2.43.